The van der Waals surface area contributed by atoms with E-state index in [4.69, 9.17) is 5.73 Å². The van der Waals surface area contributed by atoms with Crippen LogP contribution < -0.4 is 5.73 Å². The first kappa shape index (κ1) is 12.8. The molecule has 6 heteroatoms. The molecule has 0 bridgehead atoms. The van der Waals surface area contributed by atoms with E-state index in [-0.39, 0.29) is 6.04 Å². The number of thiophene rings is 2. The molecule has 19 heavy (non-hydrogen) atoms. The van der Waals surface area contributed by atoms with Crippen LogP contribution in [0.15, 0.2) is 23.8 Å². The SMILES string of the molecule is CCCn1ncnc1CC(N)c1cc2sccc2s1. The zero-order valence-electron chi connectivity index (χ0n) is 10.7. The molecule has 0 aliphatic heterocycles. The number of nitrogens with zero attached hydrogens (tertiary/aromatic N) is 3. The van der Waals surface area contributed by atoms with Crippen LogP contribution in [-0.2, 0) is 13.0 Å². The van der Waals surface area contributed by atoms with Crippen molar-refractivity contribution >= 4 is 32.1 Å². The van der Waals surface area contributed by atoms with Gasteiger partial charge in [-0.25, -0.2) is 4.98 Å². The lowest BCUT2D eigenvalue weighted by Gasteiger charge is -2.10. The molecule has 0 saturated heterocycles. The average molecular weight is 292 g/mol. The highest BCUT2D eigenvalue weighted by molar-refractivity contribution is 7.26. The van der Waals surface area contributed by atoms with Gasteiger partial charge in [-0.15, -0.1) is 22.7 Å². The molecule has 4 nitrogen and oxygen atoms in total. The lowest BCUT2D eigenvalue weighted by Crippen LogP contribution is -2.16. The van der Waals surface area contributed by atoms with Gasteiger partial charge < -0.3 is 5.73 Å². The maximum Gasteiger partial charge on any atom is 0.138 e. The molecule has 3 rings (SSSR count). The highest BCUT2D eigenvalue weighted by Gasteiger charge is 2.14. The largest absolute Gasteiger partial charge is 0.323 e. The molecule has 0 aliphatic rings. The van der Waals surface area contributed by atoms with Crippen LogP contribution in [0.25, 0.3) is 9.40 Å². The maximum atomic E-state index is 6.31. The number of aryl methyl sites for hydroxylation is 1. The normalized spacial score (nSPS) is 13.2. The van der Waals surface area contributed by atoms with Crippen molar-refractivity contribution in [1.29, 1.82) is 0 Å². The molecule has 1 atom stereocenters. The van der Waals surface area contributed by atoms with Crippen molar-refractivity contribution in [3.63, 3.8) is 0 Å². The van der Waals surface area contributed by atoms with Crippen molar-refractivity contribution in [3.8, 4) is 0 Å². The summed E-state index contributed by atoms with van der Waals surface area (Å²) in [4.78, 5) is 5.55. The standard InChI is InChI=1S/C13H16N4S2/c1-2-4-17-13(15-8-16-17)6-9(14)11-7-12-10(19-11)3-5-18-12/h3,5,7-9H,2,4,6,14H2,1H3. The first-order valence-electron chi connectivity index (χ1n) is 6.37. The van der Waals surface area contributed by atoms with Crippen molar-refractivity contribution < 1.29 is 0 Å². The van der Waals surface area contributed by atoms with Crippen LogP contribution in [0.3, 0.4) is 0 Å². The van der Waals surface area contributed by atoms with Crippen LogP contribution >= 0.6 is 22.7 Å². The lowest BCUT2D eigenvalue weighted by atomic mass is 10.2. The zero-order chi connectivity index (χ0) is 13.2. The van der Waals surface area contributed by atoms with Crippen LogP contribution in [0.2, 0.25) is 0 Å². The third-order valence-electron chi connectivity index (χ3n) is 3.06. The van der Waals surface area contributed by atoms with E-state index in [0.717, 1.165) is 25.2 Å². The molecular weight excluding hydrogens is 276 g/mol. The van der Waals surface area contributed by atoms with E-state index in [9.17, 15) is 0 Å². The monoisotopic (exact) mass is 292 g/mol. The summed E-state index contributed by atoms with van der Waals surface area (Å²) >= 11 is 3.55. The fourth-order valence-corrected chi connectivity index (χ4v) is 4.23. The van der Waals surface area contributed by atoms with Gasteiger partial charge in [0.1, 0.15) is 12.2 Å². The van der Waals surface area contributed by atoms with E-state index in [1.165, 1.54) is 14.3 Å². The minimum absolute atomic E-state index is 0.00408. The average Bonchev–Trinajstić information content (AvgIpc) is 3.04. The van der Waals surface area contributed by atoms with Crippen molar-refractivity contribution in [1.82, 2.24) is 14.8 Å². The quantitative estimate of drug-likeness (QED) is 0.785. The minimum atomic E-state index is 0.00408. The van der Waals surface area contributed by atoms with Gasteiger partial charge in [0, 0.05) is 33.3 Å². The Morgan fingerprint density at radius 1 is 1.42 bits per heavy atom. The summed E-state index contributed by atoms with van der Waals surface area (Å²) in [6.07, 6.45) is 3.42. The lowest BCUT2D eigenvalue weighted by molar-refractivity contribution is 0.550. The maximum absolute atomic E-state index is 6.31. The molecule has 0 spiro atoms. The van der Waals surface area contributed by atoms with E-state index in [1.54, 1.807) is 29.0 Å². The molecule has 0 aromatic carbocycles. The van der Waals surface area contributed by atoms with Gasteiger partial charge in [0.15, 0.2) is 0 Å². The Labute approximate surface area is 119 Å². The minimum Gasteiger partial charge on any atom is -0.323 e. The molecule has 2 N–H and O–H groups in total. The van der Waals surface area contributed by atoms with Gasteiger partial charge in [0.2, 0.25) is 0 Å². The second-order valence-corrected chi connectivity index (χ2v) is 6.57. The van der Waals surface area contributed by atoms with Crippen LogP contribution in [-0.4, -0.2) is 14.8 Å². The molecular formula is C13H16N4S2. The molecule has 1 unspecified atom stereocenters. The van der Waals surface area contributed by atoms with E-state index >= 15 is 0 Å². The number of hydrogen-bond donors (Lipinski definition) is 1. The Kier molecular flexibility index (Phi) is 3.63. The smallest absolute Gasteiger partial charge is 0.138 e. The van der Waals surface area contributed by atoms with Gasteiger partial charge >= 0.3 is 0 Å². The Morgan fingerprint density at radius 2 is 2.32 bits per heavy atom. The van der Waals surface area contributed by atoms with Gasteiger partial charge in [-0.1, -0.05) is 6.92 Å². The Hall–Kier alpha value is -1.24. The molecule has 3 aromatic heterocycles. The number of aromatic nitrogens is 3. The van der Waals surface area contributed by atoms with Crippen molar-refractivity contribution in [3.05, 3.63) is 34.5 Å². The first-order valence-corrected chi connectivity index (χ1v) is 8.06. The summed E-state index contributed by atoms with van der Waals surface area (Å²) in [5.41, 5.74) is 6.31. The number of fused-ring (bicyclic) bond motifs is 1. The second-order valence-electron chi connectivity index (χ2n) is 4.51. The molecule has 0 radical (unpaired) electrons. The fraction of sp³-hybridized carbons (Fsp3) is 0.385. The molecule has 0 aliphatic carbocycles. The van der Waals surface area contributed by atoms with Crippen LogP contribution in [0.4, 0.5) is 0 Å². The van der Waals surface area contributed by atoms with Crippen LogP contribution in [0.1, 0.15) is 30.1 Å². The van der Waals surface area contributed by atoms with E-state index < -0.39 is 0 Å². The first-order chi connectivity index (χ1) is 9.28. The van der Waals surface area contributed by atoms with Crippen molar-refractivity contribution in [2.45, 2.75) is 32.4 Å². The van der Waals surface area contributed by atoms with Crippen molar-refractivity contribution in [2.24, 2.45) is 5.73 Å². The third kappa shape index (κ3) is 2.56. The number of nitrogens with two attached hydrogens (primary N) is 1. The van der Waals surface area contributed by atoms with Gasteiger partial charge in [0.05, 0.1) is 0 Å². The third-order valence-corrected chi connectivity index (χ3v) is 5.28. The predicted molar refractivity (Wildman–Crippen MR) is 80.6 cm³/mol. The van der Waals surface area contributed by atoms with Gasteiger partial charge in [-0.05, 0) is 23.9 Å². The van der Waals surface area contributed by atoms with Gasteiger partial charge in [0.25, 0.3) is 0 Å². The predicted octanol–water partition coefficient (Wildman–Crippen LogP) is 3.21. The van der Waals surface area contributed by atoms with Gasteiger partial charge in [-0.3, -0.25) is 4.68 Å². The van der Waals surface area contributed by atoms with E-state index in [1.807, 2.05) is 4.68 Å². The Bertz CT molecular complexity index is 638. The van der Waals surface area contributed by atoms with E-state index in [0.29, 0.717) is 0 Å². The summed E-state index contributed by atoms with van der Waals surface area (Å²) in [6.45, 7) is 3.04. The molecule has 0 saturated carbocycles. The summed E-state index contributed by atoms with van der Waals surface area (Å²) in [5, 5.41) is 6.36. The van der Waals surface area contributed by atoms with Crippen LogP contribution in [0, 0.1) is 0 Å². The number of hydrogen-bond acceptors (Lipinski definition) is 5. The Morgan fingerprint density at radius 3 is 3.11 bits per heavy atom. The summed E-state index contributed by atoms with van der Waals surface area (Å²) in [7, 11) is 0. The summed E-state index contributed by atoms with van der Waals surface area (Å²) < 4.78 is 4.60. The van der Waals surface area contributed by atoms with E-state index in [2.05, 4.69) is 34.5 Å². The highest BCUT2D eigenvalue weighted by Crippen LogP contribution is 2.33. The van der Waals surface area contributed by atoms with Crippen LogP contribution in [0.5, 0.6) is 0 Å². The molecule has 100 valence electrons. The Balaban J connectivity index is 1.78. The second kappa shape index (κ2) is 5.40. The van der Waals surface area contributed by atoms with Gasteiger partial charge in [-0.2, -0.15) is 5.10 Å². The zero-order valence-corrected chi connectivity index (χ0v) is 12.4. The number of rotatable bonds is 5. The molecule has 3 heterocycles. The van der Waals surface area contributed by atoms with Crippen molar-refractivity contribution in [2.75, 3.05) is 0 Å². The molecule has 0 fully saturated rings. The fourth-order valence-electron chi connectivity index (χ4n) is 2.11. The molecule has 3 aromatic rings. The topological polar surface area (TPSA) is 56.7 Å². The summed E-state index contributed by atoms with van der Waals surface area (Å²) in [6, 6.07) is 4.36. The highest BCUT2D eigenvalue weighted by atomic mass is 32.1. The molecule has 0 amide bonds. The summed E-state index contributed by atoms with van der Waals surface area (Å²) in [5.74, 6) is 0.978.